The zero-order chi connectivity index (χ0) is 28.0. The van der Waals surface area contributed by atoms with Crippen LogP contribution in [0.2, 0.25) is 0 Å². The minimum atomic E-state index is -0.123. The molecular formula is C30H18B2N4O4S2. The summed E-state index contributed by atoms with van der Waals surface area (Å²) in [5, 5.41) is 1.79. The van der Waals surface area contributed by atoms with Gasteiger partial charge < -0.3 is 18.9 Å². The lowest BCUT2D eigenvalue weighted by Gasteiger charge is -2.32. The average molecular weight is 584 g/mol. The molecule has 0 N–H and O–H groups in total. The van der Waals surface area contributed by atoms with Crippen LogP contribution >= 0.6 is 22.7 Å². The van der Waals surface area contributed by atoms with Crippen molar-refractivity contribution in [1.82, 2.24) is 19.9 Å². The van der Waals surface area contributed by atoms with Gasteiger partial charge in [-0.2, -0.15) is 0 Å². The number of ether oxygens (including phenoxy) is 4. The van der Waals surface area contributed by atoms with Gasteiger partial charge in [-0.1, -0.05) is 0 Å². The van der Waals surface area contributed by atoms with Crippen LogP contribution in [0.15, 0.2) is 36.9 Å². The molecule has 0 spiro atoms. The van der Waals surface area contributed by atoms with E-state index in [2.05, 4.69) is 43.7 Å². The van der Waals surface area contributed by atoms with Crippen LogP contribution < -0.4 is 51.9 Å². The molecule has 0 amide bonds. The molecule has 0 aromatic carbocycles. The molecule has 0 radical (unpaired) electrons. The Morgan fingerprint density at radius 1 is 0.571 bits per heavy atom. The first-order valence-electron chi connectivity index (χ1n) is 13.7. The summed E-state index contributed by atoms with van der Waals surface area (Å²) in [5.74, 6) is 4.00. The number of rotatable bonds is 0. The van der Waals surface area contributed by atoms with Gasteiger partial charge >= 0.3 is 0 Å². The van der Waals surface area contributed by atoms with Crippen molar-refractivity contribution in [3.63, 3.8) is 0 Å². The topological polar surface area (TPSA) is 88.5 Å². The Labute approximate surface area is 248 Å². The van der Waals surface area contributed by atoms with Crippen LogP contribution in [0.25, 0.3) is 11.0 Å². The van der Waals surface area contributed by atoms with Crippen LogP contribution in [0.4, 0.5) is 0 Å². The molecule has 0 atom stereocenters. The number of hydrogen-bond acceptors (Lipinski definition) is 10. The molecule has 0 saturated carbocycles. The second-order valence-electron chi connectivity index (χ2n) is 11.1. The number of aryl methyl sites for hydroxylation is 2. The van der Waals surface area contributed by atoms with Crippen molar-refractivity contribution in [3.05, 3.63) is 57.8 Å². The lowest BCUT2D eigenvalue weighted by atomic mass is 9.35. The van der Waals surface area contributed by atoms with Crippen LogP contribution in [0.1, 0.15) is 20.9 Å². The van der Waals surface area contributed by atoms with Gasteiger partial charge in [0.05, 0.1) is 41.4 Å². The molecule has 42 heavy (non-hydrogen) atoms. The van der Waals surface area contributed by atoms with Crippen LogP contribution in [-0.4, -0.2) is 33.4 Å². The predicted molar refractivity (Wildman–Crippen MR) is 165 cm³/mol. The van der Waals surface area contributed by atoms with Gasteiger partial charge in [0, 0.05) is 26.7 Å². The summed E-state index contributed by atoms with van der Waals surface area (Å²) in [7, 11) is 0. The van der Waals surface area contributed by atoms with Crippen molar-refractivity contribution in [2.75, 3.05) is 0 Å². The third-order valence-corrected chi connectivity index (χ3v) is 11.2. The summed E-state index contributed by atoms with van der Waals surface area (Å²) in [6.45, 7) is 8.37. The van der Waals surface area contributed by atoms with Gasteiger partial charge in [-0.05, 0) is 61.3 Å². The van der Waals surface area contributed by atoms with E-state index in [4.69, 9.17) is 28.9 Å². The van der Waals surface area contributed by atoms with E-state index < -0.39 is 0 Å². The van der Waals surface area contributed by atoms with E-state index >= 15 is 0 Å². The maximum Gasteiger partial charge on any atom is 0.285 e. The third kappa shape index (κ3) is 2.79. The number of pyridine rings is 4. The molecule has 10 rings (SSSR count). The van der Waals surface area contributed by atoms with Crippen molar-refractivity contribution in [3.8, 4) is 44.8 Å². The van der Waals surface area contributed by atoms with Crippen LogP contribution in [0.3, 0.4) is 0 Å². The maximum absolute atomic E-state index is 6.42. The second-order valence-corrected chi connectivity index (χ2v) is 13.5. The number of thiophene rings is 2. The molecule has 4 aliphatic rings. The largest absolute Gasteiger partial charge is 0.455 e. The standard InChI is InChI=1S/C30H18B2N4O4S2/c1-11-13(3)41-29-23(11)31-15-5-16-17(36-28(15)38-20-8-34-9-21(39-29)25(20)31)6-18-27(35-16)32-24-12(2)14(4)42-30(24)40-22-10-33-7-19(37-18)26(22)32/h5-10H,1-4H3. The Morgan fingerprint density at radius 3 is 1.79 bits per heavy atom. The Bertz CT molecular complexity index is 2090. The zero-order valence-electron chi connectivity index (χ0n) is 22.9. The highest BCUT2D eigenvalue weighted by Crippen LogP contribution is 2.40. The molecule has 0 fully saturated rings. The lowest BCUT2D eigenvalue weighted by Crippen LogP contribution is -2.59. The van der Waals surface area contributed by atoms with Crippen LogP contribution in [0.5, 0.6) is 44.8 Å². The Hall–Kier alpha value is -4.41. The number of hydrogen-bond donors (Lipinski definition) is 0. The van der Waals surface area contributed by atoms with Crippen molar-refractivity contribution >= 4 is 80.0 Å². The summed E-state index contributed by atoms with van der Waals surface area (Å²) in [4.78, 5) is 21.6. The predicted octanol–water partition coefficient (Wildman–Crippen LogP) is 3.23. The van der Waals surface area contributed by atoms with Crippen LogP contribution in [0, 0.1) is 27.7 Å². The normalized spacial score (nSPS) is 14.4. The van der Waals surface area contributed by atoms with Gasteiger partial charge in [-0.3, -0.25) is 15.0 Å². The van der Waals surface area contributed by atoms with Gasteiger partial charge in [0.1, 0.15) is 28.7 Å². The number of nitrogens with zero attached hydrogens (tertiary/aromatic N) is 4. The van der Waals surface area contributed by atoms with E-state index in [-0.39, 0.29) is 13.4 Å². The summed E-state index contributed by atoms with van der Waals surface area (Å²) < 4.78 is 25.5. The molecule has 4 aliphatic heterocycles. The van der Waals surface area contributed by atoms with Crippen molar-refractivity contribution in [2.24, 2.45) is 0 Å². The second kappa shape index (κ2) is 7.70. The SMILES string of the molecule is Cc1sc2c(c1C)B1c3cc4nc5c(cc4nc3Oc3cncc(c31)O2)Oc1cncc2c1B5c1c(sc(C)c1C)O2. The lowest BCUT2D eigenvalue weighted by molar-refractivity contribution is 0.454. The Morgan fingerprint density at radius 2 is 1.12 bits per heavy atom. The molecule has 6 aromatic heterocycles. The Kier molecular flexibility index (Phi) is 4.25. The third-order valence-electron chi connectivity index (χ3n) is 8.98. The molecule has 8 nitrogen and oxygen atoms in total. The highest BCUT2D eigenvalue weighted by molar-refractivity contribution is 7.18. The quantitative estimate of drug-likeness (QED) is 0.251. The molecule has 200 valence electrons. The van der Waals surface area contributed by atoms with Crippen molar-refractivity contribution in [1.29, 1.82) is 0 Å². The minimum absolute atomic E-state index is 0.0868. The van der Waals surface area contributed by atoms with E-state index in [9.17, 15) is 0 Å². The van der Waals surface area contributed by atoms with E-state index in [1.807, 2.05) is 6.07 Å². The number of aromatic nitrogens is 4. The van der Waals surface area contributed by atoms with E-state index in [0.717, 1.165) is 54.3 Å². The summed E-state index contributed by atoms with van der Waals surface area (Å²) in [6, 6.07) is 4.10. The minimum Gasteiger partial charge on any atom is -0.455 e. The summed E-state index contributed by atoms with van der Waals surface area (Å²) in [5.41, 5.74) is 10.0. The first-order chi connectivity index (χ1) is 20.4. The van der Waals surface area contributed by atoms with E-state index in [0.29, 0.717) is 34.4 Å². The fourth-order valence-electron chi connectivity index (χ4n) is 6.77. The first-order valence-corrected chi connectivity index (χ1v) is 15.3. The van der Waals surface area contributed by atoms with Crippen molar-refractivity contribution < 1.29 is 18.9 Å². The summed E-state index contributed by atoms with van der Waals surface area (Å²) in [6.07, 6.45) is 7.03. The molecule has 0 bridgehead atoms. The smallest absolute Gasteiger partial charge is 0.285 e. The highest BCUT2D eigenvalue weighted by atomic mass is 32.1. The number of fused-ring (bicyclic) bond motifs is 9. The summed E-state index contributed by atoms with van der Waals surface area (Å²) >= 11 is 3.33. The molecule has 10 heterocycles. The monoisotopic (exact) mass is 584 g/mol. The van der Waals surface area contributed by atoms with Gasteiger partial charge in [0.15, 0.2) is 10.1 Å². The molecular weight excluding hydrogens is 566 g/mol. The molecule has 12 heteroatoms. The molecule has 0 unspecified atom stereocenters. The van der Waals surface area contributed by atoms with E-state index in [1.54, 1.807) is 47.5 Å². The average Bonchev–Trinajstić information content (AvgIpc) is 3.43. The van der Waals surface area contributed by atoms with Crippen molar-refractivity contribution in [2.45, 2.75) is 27.7 Å². The fourth-order valence-corrected chi connectivity index (χ4v) is 8.88. The van der Waals surface area contributed by atoms with Crippen LogP contribution in [-0.2, 0) is 0 Å². The molecule has 6 aromatic rings. The molecule has 0 aliphatic carbocycles. The molecule has 0 saturated heterocycles. The highest BCUT2D eigenvalue weighted by Gasteiger charge is 2.46. The zero-order valence-corrected chi connectivity index (χ0v) is 24.5. The van der Waals surface area contributed by atoms with E-state index in [1.165, 1.54) is 20.9 Å². The van der Waals surface area contributed by atoms with Gasteiger partial charge in [-0.25, -0.2) is 4.98 Å². The fraction of sp³-hybridized carbons (Fsp3) is 0.133. The first kappa shape index (κ1) is 23.2. The van der Waals surface area contributed by atoms with Gasteiger partial charge in [0.25, 0.3) is 13.4 Å². The van der Waals surface area contributed by atoms with Gasteiger partial charge in [0.2, 0.25) is 5.88 Å². The Balaban J connectivity index is 1.23. The maximum atomic E-state index is 6.42. The van der Waals surface area contributed by atoms with Gasteiger partial charge in [-0.15, -0.1) is 22.7 Å².